The van der Waals surface area contributed by atoms with Crippen molar-refractivity contribution in [3.05, 3.63) is 59.7 Å². The Morgan fingerprint density at radius 3 is 2.28 bits per heavy atom. The summed E-state index contributed by atoms with van der Waals surface area (Å²) in [4.78, 5) is 38.2. The third kappa shape index (κ3) is 3.23. The largest absolute Gasteiger partial charge is 0.479 e. The molecule has 7 heteroatoms. The van der Waals surface area contributed by atoms with Gasteiger partial charge in [-0.25, -0.2) is 9.59 Å². The Bertz CT molecular complexity index is 1050. The summed E-state index contributed by atoms with van der Waals surface area (Å²) in [6.07, 6.45) is 0.530. The van der Waals surface area contributed by atoms with E-state index in [1.54, 1.807) is 6.92 Å². The van der Waals surface area contributed by atoms with Crippen LogP contribution in [0.15, 0.2) is 48.5 Å². The molecule has 4 aliphatic rings. The van der Waals surface area contributed by atoms with Gasteiger partial charge in [-0.3, -0.25) is 4.79 Å². The zero-order valence-corrected chi connectivity index (χ0v) is 17.9. The number of fused-ring (bicyclic) bond motifs is 4. The van der Waals surface area contributed by atoms with Crippen LogP contribution < -0.4 is 5.32 Å². The monoisotopic (exact) mass is 434 g/mol. The van der Waals surface area contributed by atoms with Crippen molar-refractivity contribution in [2.75, 3.05) is 13.2 Å². The molecular formula is C25H26N2O5. The first-order chi connectivity index (χ1) is 15.4. The van der Waals surface area contributed by atoms with E-state index in [0.717, 1.165) is 22.3 Å². The van der Waals surface area contributed by atoms with Gasteiger partial charge in [0.2, 0.25) is 5.91 Å². The SMILES string of the molecule is CC(CC(=O)N1CC2CC1(C(=O)O)C2)NC(=O)OCC1c2ccccc2-c2ccccc21. The highest BCUT2D eigenvalue weighted by molar-refractivity contribution is 5.90. The summed E-state index contributed by atoms with van der Waals surface area (Å²) in [5.41, 5.74) is 3.55. The Balaban J connectivity index is 1.17. The average molecular weight is 434 g/mol. The van der Waals surface area contributed by atoms with Crippen LogP contribution >= 0.6 is 0 Å². The van der Waals surface area contributed by atoms with Crippen LogP contribution in [-0.4, -0.2) is 52.7 Å². The summed E-state index contributed by atoms with van der Waals surface area (Å²) >= 11 is 0. The molecule has 2 aromatic rings. The lowest BCUT2D eigenvalue weighted by molar-refractivity contribution is -0.158. The van der Waals surface area contributed by atoms with E-state index in [0.29, 0.717) is 19.4 Å². The van der Waals surface area contributed by atoms with Gasteiger partial charge in [0.1, 0.15) is 12.1 Å². The molecule has 2 heterocycles. The fourth-order valence-corrected chi connectivity index (χ4v) is 5.57. The summed E-state index contributed by atoms with van der Waals surface area (Å²) < 4.78 is 5.54. The van der Waals surface area contributed by atoms with Crippen LogP contribution in [0.5, 0.6) is 0 Å². The maximum absolute atomic E-state index is 12.7. The second kappa shape index (κ2) is 7.65. The second-order valence-corrected chi connectivity index (χ2v) is 9.19. The van der Waals surface area contributed by atoms with Gasteiger partial charge in [-0.1, -0.05) is 48.5 Å². The number of nitrogens with one attached hydrogen (secondary N) is 1. The summed E-state index contributed by atoms with van der Waals surface area (Å²) in [6, 6.07) is 15.8. The zero-order valence-electron chi connectivity index (χ0n) is 17.9. The van der Waals surface area contributed by atoms with E-state index in [2.05, 4.69) is 29.6 Å². The highest BCUT2D eigenvalue weighted by atomic mass is 16.5. The summed E-state index contributed by atoms with van der Waals surface area (Å²) in [5, 5.41) is 12.3. The number of benzene rings is 2. The Labute approximate surface area is 186 Å². The number of carbonyl (C=O) groups is 3. The molecular weight excluding hydrogens is 408 g/mol. The predicted molar refractivity (Wildman–Crippen MR) is 117 cm³/mol. The van der Waals surface area contributed by atoms with Gasteiger partial charge in [-0.2, -0.15) is 0 Å². The molecule has 2 aliphatic carbocycles. The first-order valence-electron chi connectivity index (χ1n) is 11.0. The molecule has 166 valence electrons. The third-order valence-electron chi connectivity index (χ3n) is 7.10. The van der Waals surface area contributed by atoms with E-state index in [-0.39, 0.29) is 30.8 Å². The molecule has 3 fully saturated rings. The lowest BCUT2D eigenvalue weighted by Crippen LogP contribution is -2.55. The van der Waals surface area contributed by atoms with Crippen LogP contribution in [0.25, 0.3) is 11.1 Å². The minimum Gasteiger partial charge on any atom is -0.479 e. The fraction of sp³-hybridized carbons (Fsp3) is 0.400. The van der Waals surface area contributed by atoms with Crippen molar-refractivity contribution in [1.82, 2.24) is 10.2 Å². The summed E-state index contributed by atoms with van der Waals surface area (Å²) in [5.74, 6) is -0.923. The molecule has 6 rings (SSSR count). The van der Waals surface area contributed by atoms with Crippen LogP contribution in [-0.2, 0) is 14.3 Å². The number of carbonyl (C=O) groups excluding carboxylic acids is 2. The molecule has 1 unspecified atom stereocenters. The van der Waals surface area contributed by atoms with E-state index < -0.39 is 23.6 Å². The van der Waals surface area contributed by atoms with E-state index in [1.807, 2.05) is 24.3 Å². The number of carboxylic acid groups (broad SMARTS) is 1. The van der Waals surface area contributed by atoms with Gasteiger partial charge in [0, 0.05) is 24.9 Å². The molecule has 0 aromatic heterocycles. The van der Waals surface area contributed by atoms with Gasteiger partial charge in [0.25, 0.3) is 0 Å². The molecule has 2 amide bonds. The molecule has 32 heavy (non-hydrogen) atoms. The molecule has 2 N–H and O–H groups in total. The lowest BCUT2D eigenvalue weighted by atomic mass is 9.73. The maximum Gasteiger partial charge on any atom is 0.407 e. The van der Waals surface area contributed by atoms with Gasteiger partial charge in [-0.15, -0.1) is 0 Å². The first kappa shape index (κ1) is 20.5. The number of aliphatic carboxylic acids is 1. The quantitative estimate of drug-likeness (QED) is 0.727. The van der Waals surface area contributed by atoms with Crippen LogP contribution in [0, 0.1) is 5.92 Å². The van der Waals surface area contributed by atoms with Crippen molar-refractivity contribution in [3.63, 3.8) is 0 Å². The molecule has 1 saturated carbocycles. The van der Waals surface area contributed by atoms with E-state index in [1.165, 1.54) is 4.90 Å². The van der Waals surface area contributed by atoms with Crippen molar-refractivity contribution < 1.29 is 24.2 Å². The second-order valence-electron chi connectivity index (χ2n) is 9.19. The van der Waals surface area contributed by atoms with Crippen molar-refractivity contribution in [1.29, 1.82) is 0 Å². The lowest BCUT2D eigenvalue weighted by Gasteiger charge is -2.38. The van der Waals surface area contributed by atoms with Crippen molar-refractivity contribution in [2.45, 2.75) is 43.7 Å². The minimum atomic E-state index is -1.04. The fourth-order valence-electron chi connectivity index (χ4n) is 5.57. The number of nitrogens with zero attached hydrogens (tertiary/aromatic N) is 1. The van der Waals surface area contributed by atoms with Gasteiger partial charge in [0.05, 0.1) is 0 Å². The van der Waals surface area contributed by atoms with Crippen molar-refractivity contribution in [3.8, 4) is 11.1 Å². The van der Waals surface area contributed by atoms with Gasteiger partial charge in [-0.05, 0) is 47.9 Å². The normalized spacial score (nSPS) is 23.7. The Kier molecular flexibility index (Phi) is 4.92. The molecule has 2 bridgehead atoms. The molecule has 1 atom stereocenters. The number of amides is 2. The molecule has 0 spiro atoms. The van der Waals surface area contributed by atoms with Crippen LogP contribution in [0.1, 0.15) is 43.2 Å². The number of carboxylic acids is 1. The Morgan fingerprint density at radius 2 is 1.69 bits per heavy atom. The molecule has 2 saturated heterocycles. The zero-order chi connectivity index (χ0) is 22.5. The highest BCUT2D eigenvalue weighted by Gasteiger charge is 2.62. The highest BCUT2D eigenvalue weighted by Crippen LogP contribution is 2.51. The van der Waals surface area contributed by atoms with Gasteiger partial charge >= 0.3 is 12.1 Å². The minimum absolute atomic E-state index is 0.0306. The average Bonchev–Trinajstić information content (AvgIpc) is 3.41. The van der Waals surface area contributed by atoms with E-state index >= 15 is 0 Å². The first-order valence-corrected chi connectivity index (χ1v) is 11.0. The van der Waals surface area contributed by atoms with E-state index in [4.69, 9.17) is 4.74 Å². The number of rotatable bonds is 6. The van der Waals surface area contributed by atoms with Gasteiger partial charge < -0.3 is 20.1 Å². The van der Waals surface area contributed by atoms with Crippen LogP contribution in [0.4, 0.5) is 4.79 Å². The molecule has 2 aliphatic heterocycles. The predicted octanol–water partition coefficient (Wildman–Crippen LogP) is 3.38. The maximum atomic E-state index is 12.7. The standard InChI is InChI=1S/C25H26N2O5/c1-15(10-22(28)27-13-16-11-25(27,12-16)23(29)30)26-24(31)32-14-21-19-8-4-2-6-17(19)18-7-3-5-9-20(18)21/h2-9,15-16,21H,10-14H2,1H3,(H,26,31)(H,29,30). The number of hydrogen-bond donors (Lipinski definition) is 2. The molecule has 2 aromatic carbocycles. The van der Waals surface area contributed by atoms with Gasteiger partial charge in [0.15, 0.2) is 0 Å². The third-order valence-corrected chi connectivity index (χ3v) is 7.10. The smallest absolute Gasteiger partial charge is 0.407 e. The summed E-state index contributed by atoms with van der Waals surface area (Å²) in [7, 11) is 0. The van der Waals surface area contributed by atoms with Crippen molar-refractivity contribution in [2.24, 2.45) is 5.92 Å². The number of hydrogen-bond acceptors (Lipinski definition) is 4. The summed E-state index contributed by atoms with van der Waals surface area (Å²) in [6.45, 7) is 2.42. The Morgan fingerprint density at radius 1 is 1.09 bits per heavy atom. The van der Waals surface area contributed by atoms with E-state index in [9.17, 15) is 19.5 Å². The van der Waals surface area contributed by atoms with Crippen molar-refractivity contribution >= 4 is 18.0 Å². The molecule has 0 radical (unpaired) electrons. The van der Waals surface area contributed by atoms with Crippen LogP contribution in [0.3, 0.4) is 0 Å². The topological polar surface area (TPSA) is 95.9 Å². The number of ether oxygens (including phenoxy) is 1. The van der Waals surface area contributed by atoms with Crippen LogP contribution in [0.2, 0.25) is 0 Å². The molecule has 7 nitrogen and oxygen atoms in total. The number of alkyl carbamates (subject to hydrolysis) is 1. The Hall–Kier alpha value is -3.35.